The van der Waals surface area contributed by atoms with Gasteiger partial charge in [-0.15, -0.1) is 13.2 Å². The molecular formula is C8H5BrF5NO2. The standard InChI is InChI=1S/C8H5BrF5NO2/c1-16-5-4(17-8(12,13)14)3(7(10)11)2-15-6(5)9/h2,7H,1H3. The quantitative estimate of drug-likeness (QED) is 0.628. The zero-order valence-corrected chi connectivity index (χ0v) is 9.77. The Morgan fingerprint density at radius 3 is 2.29 bits per heavy atom. The lowest BCUT2D eigenvalue weighted by Crippen LogP contribution is -2.19. The molecule has 1 aromatic heterocycles. The number of ether oxygens (including phenoxy) is 2. The van der Waals surface area contributed by atoms with Crippen molar-refractivity contribution in [1.82, 2.24) is 4.98 Å². The first-order valence-electron chi connectivity index (χ1n) is 4.02. The van der Waals surface area contributed by atoms with Gasteiger partial charge in [-0.05, 0) is 15.9 Å². The van der Waals surface area contributed by atoms with Crippen molar-refractivity contribution in [3.63, 3.8) is 0 Å². The average molecular weight is 322 g/mol. The number of pyridine rings is 1. The normalized spacial score (nSPS) is 11.8. The lowest BCUT2D eigenvalue weighted by Gasteiger charge is -2.16. The van der Waals surface area contributed by atoms with Crippen LogP contribution in [0.25, 0.3) is 0 Å². The molecule has 1 aromatic rings. The first kappa shape index (κ1) is 13.9. The van der Waals surface area contributed by atoms with Crippen LogP contribution in [0.15, 0.2) is 10.8 Å². The van der Waals surface area contributed by atoms with Crippen LogP contribution in [0.5, 0.6) is 11.5 Å². The number of methoxy groups -OCH3 is 1. The zero-order chi connectivity index (χ0) is 13.2. The summed E-state index contributed by atoms with van der Waals surface area (Å²) in [6.07, 6.45) is -7.68. The molecule has 0 spiro atoms. The lowest BCUT2D eigenvalue weighted by molar-refractivity contribution is -0.275. The largest absolute Gasteiger partial charge is 0.573 e. The van der Waals surface area contributed by atoms with Gasteiger partial charge in [0.1, 0.15) is 0 Å². The summed E-state index contributed by atoms with van der Waals surface area (Å²) < 4.78 is 69.1. The topological polar surface area (TPSA) is 31.4 Å². The fourth-order valence-corrected chi connectivity index (χ4v) is 1.47. The molecule has 9 heteroatoms. The Morgan fingerprint density at radius 2 is 1.88 bits per heavy atom. The molecule has 0 fully saturated rings. The summed E-state index contributed by atoms with van der Waals surface area (Å²) in [6, 6.07) is 0. The molecule has 0 N–H and O–H groups in total. The summed E-state index contributed by atoms with van der Waals surface area (Å²) in [5.74, 6) is -1.64. The molecule has 0 aliphatic carbocycles. The number of halogens is 6. The van der Waals surface area contributed by atoms with Gasteiger partial charge in [-0.2, -0.15) is 0 Å². The molecule has 0 saturated heterocycles. The van der Waals surface area contributed by atoms with Gasteiger partial charge in [-0.1, -0.05) is 0 Å². The third-order valence-electron chi connectivity index (χ3n) is 1.63. The predicted molar refractivity (Wildman–Crippen MR) is 50.1 cm³/mol. The van der Waals surface area contributed by atoms with E-state index in [1.54, 1.807) is 0 Å². The first-order valence-corrected chi connectivity index (χ1v) is 4.82. The number of hydrogen-bond acceptors (Lipinski definition) is 3. The van der Waals surface area contributed by atoms with Crippen LogP contribution in [0.4, 0.5) is 22.0 Å². The van der Waals surface area contributed by atoms with Gasteiger partial charge >= 0.3 is 6.36 Å². The maximum Gasteiger partial charge on any atom is 0.573 e. The van der Waals surface area contributed by atoms with E-state index in [-0.39, 0.29) is 4.60 Å². The van der Waals surface area contributed by atoms with E-state index in [0.717, 1.165) is 7.11 Å². The Hall–Kier alpha value is -1.12. The minimum Gasteiger partial charge on any atom is -0.490 e. The van der Waals surface area contributed by atoms with Crippen LogP contribution in [-0.2, 0) is 0 Å². The molecule has 17 heavy (non-hydrogen) atoms. The molecule has 1 heterocycles. The van der Waals surface area contributed by atoms with Gasteiger partial charge in [-0.25, -0.2) is 13.8 Å². The van der Waals surface area contributed by atoms with Gasteiger partial charge in [0.25, 0.3) is 6.43 Å². The molecule has 96 valence electrons. The fraction of sp³-hybridized carbons (Fsp3) is 0.375. The van der Waals surface area contributed by atoms with E-state index in [1.807, 2.05) is 0 Å². The SMILES string of the molecule is COc1c(Br)ncc(C(F)F)c1OC(F)(F)F. The second-order valence-corrected chi connectivity index (χ2v) is 3.47. The van der Waals surface area contributed by atoms with Crippen LogP contribution >= 0.6 is 15.9 Å². The predicted octanol–water partition coefficient (Wildman–Crippen LogP) is 3.69. The van der Waals surface area contributed by atoms with E-state index in [1.165, 1.54) is 0 Å². The zero-order valence-electron chi connectivity index (χ0n) is 8.19. The lowest BCUT2D eigenvalue weighted by atomic mass is 10.2. The minimum atomic E-state index is -5.10. The highest BCUT2D eigenvalue weighted by atomic mass is 79.9. The van der Waals surface area contributed by atoms with E-state index >= 15 is 0 Å². The maximum absolute atomic E-state index is 12.5. The molecule has 0 atom stereocenters. The fourth-order valence-electron chi connectivity index (χ4n) is 1.02. The van der Waals surface area contributed by atoms with Crippen molar-refractivity contribution in [3.05, 3.63) is 16.4 Å². The smallest absolute Gasteiger partial charge is 0.490 e. The Bertz CT molecular complexity index is 410. The van der Waals surface area contributed by atoms with Crippen molar-refractivity contribution >= 4 is 15.9 Å². The number of alkyl halides is 5. The minimum absolute atomic E-state index is 0.163. The van der Waals surface area contributed by atoms with Gasteiger partial charge in [0, 0.05) is 6.20 Å². The number of aromatic nitrogens is 1. The van der Waals surface area contributed by atoms with E-state index in [9.17, 15) is 22.0 Å². The molecule has 0 amide bonds. The first-order chi connectivity index (χ1) is 7.76. The van der Waals surface area contributed by atoms with Crippen molar-refractivity contribution in [2.45, 2.75) is 12.8 Å². The molecule has 0 unspecified atom stereocenters. The molecule has 0 saturated carbocycles. The van der Waals surface area contributed by atoms with E-state index in [4.69, 9.17) is 0 Å². The molecule has 0 bridgehead atoms. The molecule has 0 aliphatic heterocycles. The summed E-state index contributed by atoms with van der Waals surface area (Å²) in [5, 5.41) is 0. The molecule has 3 nitrogen and oxygen atoms in total. The molecule has 0 aliphatic rings. The molecular weight excluding hydrogens is 317 g/mol. The average Bonchev–Trinajstić information content (AvgIpc) is 2.15. The summed E-state index contributed by atoms with van der Waals surface area (Å²) in [5.41, 5.74) is -0.998. The monoisotopic (exact) mass is 321 g/mol. The second kappa shape index (κ2) is 5.03. The summed E-state index contributed by atoms with van der Waals surface area (Å²) in [4.78, 5) is 3.43. The van der Waals surface area contributed by atoms with Crippen molar-refractivity contribution in [2.75, 3.05) is 7.11 Å². The molecule has 1 rings (SSSR count). The third kappa shape index (κ3) is 3.42. The highest BCUT2D eigenvalue weighted by Gasteiger charge is 2.36. The van der Waals surface area contributed by atoms with Gasteiger partial charge in [0.05, 0.1) is 12.7 Å². The Kier molecular flexibility index (Phi) is 4.12. The highest BCUT2D eigenvalue weighted by Crippen LogP contribution is 2.42. The highest BCUT2D eigenvalue weighted by molar-refractivity contribution is 9.10. The van der Waals surface area contributed by atoms with E-state index in [0.29, 0.717) is 6.20 Å². The summed E-state index contributed by atoms with van der Waals surface area (Å²) in [7, 11) is 1.01. The van der Waals surface area contributed by atoms with Gasteiger partial charge in [0.2, 0.25) is 0 Å². The second-order valence-electron chi connectivity index (χ2n) is 2.72. The maximum atomic E-state index is 12.5. The van der Waals surface area contributed by atoms with Crippen LogP contribution in [-0.4, -0.2) is 18.5 Å². The van der Waals surface area contributed by atoms with E-state index < -0.39 is 29.9 Å². The Morgan fingerprint density at radius 1 is 1.29 bits per heavy atom. The van der Waals surface area contributed by atoms with Crippen LogP contribution in [0.1, 0.15) is 12.0 Å². The van der Waals surface area contributed by atoms with Gasteiger partial charge in [-0.3, -0.25) is 0 Å². The number of rotatable bonds is 3. The third-order valence-corrected chi connectivity index (χ3v) is 2.19. The van der Waals surface area contributed by atoms with Gasteiger partial charge in [0.15, 0.2) is 16.1 Å². The number of nitrogens with zero attached hydrogens (tertiary/aromatic N) is 1. The Balaban J connectivity index is 3.34. The Labute approximate surface area is 101 Å². The summed E-state index contributed by atoms with van der Waals surface area (Å²) in [6.45, 7) is 0. The van der Waals surface area contributed by atoms with Crippen LogP contribution in [0, 0.1) is 0 Å². The van der Waals surface area contributed by atoms with Gasteiger partial charge < -0.3 is 9.47 Å². The molecule has 0 radical (unpaired) electrons. The van der Waals surface area contributed by atoms with Crippen LogP contribution in [0.3, 0.4) is 0 Å². The van der Waals surface area contributed by atoms with Crippen molar-refractivity contribution in [1.29, 1.82) is 0 Å². The van der Waals surface area contributed by atoms with Crippen molar-refractivity contribution < 1.29 is 31.4 Å². The summed E-state index contributed by atoms with van der Waals surface area (Å²) >= 11 is 2.77. The van der Waals surface area contributed by atoms with Crippen molar-refractivity contribution in [2.24, 2.45) is 0 Å². The van der Waals surface area contributed by atoms with E-state index in [2.05, 4.69) is 30.4 Å². The van der Waals surface area contributed by atoms with Crippen LogP contribution < -0.4 is 9.47 Å². The van der Waals surface area contributed by atoms with Crippen LogP contribution in [0.2, 0.25) is 0 Å². The number of hydrogen-bond donors (Lipinski definition) is 0. The molecule has 0 aromatic carbocycles. The van der Waals surface area contributed by atoms with Crippen molar-refractivity contribution in [3.8, 4) is 11.5 Å².